The predicted molar refractivity (Wildman–Crippen MR) is 63.9 cm³/mol. The second kappa shape index (κ2) is 4.79. The van der Waals surface area contributed by atoms with E-state index in [1.165, 1.54) is 24.4 Å². The third-order valence-corrected chi connectivity index (χ3v) is 2.53. The highest BCUT2D eigenvalue weighted by atomic mass is 19.4. The molecule has 1 aromatic heterocycles. The number of aryl methyl sites for hydroxylation is 1. The van der Waals surface area contributed by atoms with Gasteiger partial charge in [0.1, 0.15) is 5.75 Å². The summed E-state index contributed by atoms with van der Waals surface area (Å²) in [6.07, 6.45) is -3.27. The van der Waals surface area contributed by atoms with Gasteiger partial charge in [0, 0.05) is 11.8 Å². The fourth-order valence-corrected chi connectivity index (χ4v) is 1.78. The van der Waals surface area contributed by atoms with Crippen molar-refractivity contribution in [2.24, 2.45) is 0 Å². The zero-order chi connectivity index (χ0) is 14.0. The molecule has 1 heterocycles. The maximum atomic E-state index is 12.1. The van der Waals surface area contributed by atoms with Gasteiger partial charge in [-0.05, 0) is 36.2 Å². The van der Waals surface area contributed by atoms with Crippen molar-refractivity contribution in [2.75, 3.05) is 0 Å². The molecule has 1 aromatic carbocycles. The number of hydrogen-bond donors (Lipinski definition) is 1. The molecule has 2 aromatic rings. The van der Waals surface area contributed by atoms with Gasteiger partial charge >= 0.3 is 6.36 Å². The Hall–Kier alpha value is -2.24. The molecule has 0 unspecified atom stereocenters. The molecular weight excluding hydrogens is 259 g/mol. The van der Waals surface area contributed by atoms with Crippen molar-refractivity contribution < 1.29 is 17.9 Å². The van der Waals surface area contributed by atoms with E-state index >= 15 is 0 Å². The van der Waals surface area contributed by atoms with E-state index in [-0.39, 0.29) is 11.3 Å². The lowest BCUT2D eigenvalue weighted by atomic mass is 10.0. The normalized spacial score (nSPS) is 11.4. The number of halogens is 3. The van der Waals surface area contributed by atoms with E-state index in [9.17, 15) is 18.0 Å². The lowest BCUT2D eigenvalue weighted by Gasteiger charge is -2.10. The molecule has 1 N–H and O–H groups in total. The van der Waals surface area contributed by atoms with Gasteiger partial charge in [-0.2, -0.15) is 0 Å². The van der Waals surface area contributed by atoms with Crippen LogP contribution in [0, 0.1) is 6.92 Å². The van der Waals surface area contributed by atoms with Crippen LogP contribution in [0.1, 0.15) is 5.56 Å². The van der Waals surface area contributed by atoms with E-state index in [0.29, 0.717) is 16.7 Å². The van der Waals surface area contributed by atoms with Crippen LogP contribution in [0.5, 0.6) is 5.75 Å². The van der Waals surface area contributed by atoms with Gasteiger partial charge in [-0.1, -0.05) is 12.1 Å². The molecule has 2 rings (SSSR count). The number of aromatic amines is 1. The van der Waals surface area contributed by atoms with Gasteiger partial charge < -0.3 is 9.72 Å². The van der Waals surface area contributed by atoms with Crippen LogP contribution in [0.2, 0.25) is 0 Å². The summed E-state index contributed by atoms with van der Waals surface area (Å²) in [5.74, 6) is -0.354. The summed E-state index contributed by atoms with van der Waals surface area (Å²) in [4.78, 5) is 14.2. The highest BCUT2D eigenvalue weighted by Gasteiger charge is 2.31. The Balaban J connectivity index is 2.47. The SMILES string of the molecule is Cc1cc[nH]c(=O)c1-c1cccc(OC(F)(F)F)c1. The van der Waals surface area contributed by atoms with E-state index in [2.05, 4.69) is 9.72 Å². The van der Waals surface area contributed by atoms with Crippen molar-refractivity contribution >= 4 is 0 Å². The van der Waals surface area contributed by atoms with Crippen LogP contribution in [0.3, 0.4) is 0 Å². The molecule has 0 bridgehead atoms. The number of aromatic nitrogens is 1. The van der Waals surface area contributed by atoms with Crippen molar-refractivity contribution in [3.8, 4) is 16.9 Å². The minimum atomic E-state index is -4.75. The summed E-state index contributed by atoms with van der Waals surface area (Å²) in [7, 11) is 0. The second-order valence-electron chi connectivity index (χ2n) is 3.94. The molecule has 6 heteroatoms. The van der Waals surface area contributed by atoms with Crippen molar-refractivity contribution in [1.29, 1.82) is 0 Å². The molecule has 0 saturated heterocycles. The largest absolute Gasteiger partial charge is 0.573 e. The monoisotopic (exact) mass is 269 g/mol. The first kappa shape index (κ1) is 13.2. The standard InChI is InChI=1S/C13H10F3NO2/c1-8-5-6-17-12(18)11(8)9-3-2-4-10(7-9)19-13(14,15)16/h2-7H,1H3,(H,17,18). The summed E-state index contributed by atoms with van der Waals surface area (Å²) in [5, 5.41) is 0. The van der Waals surface area contributed by atoms with Crippen LogP contribution in [0.4, 0.5) is 13.2 Å². The Bertz CT molecular complexity index is 647. The summed E-state index contributed by atoms with van der Waals surface area (Å²) in [5.41, 5.74) is 1.02. The highest BCUT2D eigenvalue weighted by molar-refractivity contribution is 5.67. The maximum Gasteiger partial charge on any atom is 0.573 e. The van der Waals surface area contributed by atoms with Gasteiger partial charge in [0.2, 0.25) is 0 Å². The zero-order valence-electron chi connectivity index (χ0n) is 9.91. The smallest absolute Gasteiger partial charge is 0.406 e. The number of nitrogens with one attached hydrogen (secondary N) is 1. The third kappa shape index (κ3) is 3.15. The van der Waals surface area contributed by atoms with E-state index in [1.54, 1.807) is 19.1 Å². The molecule has 3 nitrogen and oxygen atoms in total. The molecule has 0 aliphatic carbocycles. The fourth-order valence-electron chi connectivity index (χ4n) is 1.78. The van der Waals surface area contributed by atoms with Crippen LogP contribution in [-0.4, -0.2) is 11.3 Å². The van der Waals surface area contributed by atoms with Crippen LogP contribution in [0.25, 0.3) is 11.1 Å². The van der Waals surface area contributed by atoms with Crippen LogP contribution in [0.15, 0.2) is 41.3 Å². The van der Waals surface area contributed by atoms with E-state index < -0.39 is 6.36 Å². The first-order valence-electron chi connectivity index (χ1n) is 5.41. The molecule has 100 valence electrons. The summed E-state index contributed by atoms with van der Waals surface area (Å²) >= 11 is 0. The Morgan fingerprint density at radius 3 is 2.58 bits per heavy atom. The Kier molecular flexibility index (Phi) is 3.33. The van der Waals surface area contributed by atoms with Crippen LogP contribution in [-0.2, 0) is 0 Å². The lowest BCUT2D eigenvalue weighted by molar-refractivity contribution is -0.274. The number of hydrogen-bond acceptors (Lipinski definition) is 2. The molecule has 0 aliphatic rings. The number of H-pyrrole nitrogens is 1. The minimum absolute atomic E-state index is 0.329. The zero-order valence-corrected chi connectivity index (χ0v) is 9.91. The third-order valence-electron chi connectivity index (χ3n) is 2.53. The number of benzene rings is 1. The van der Waals surface area contributed by atoms with Crippen LogP contribution >= 0.6 is 0 Å². The molecule has 0 radical (unpaired) electrons. The van der Waals surface area contributed by atoms with Gasteiger partial charge in [-0.15, -0.1) is 13.2 Å². The topological polar surface area (TPSA) is 42.1 Å². The van der Waals surface area contributed by atoms with Crippen molar-refractivity contribution in [3.05, 3.63) is 52.4 Å². The predicted octanol–water partition coefficient (Wildman–Crippen LogP) is 3.25. The summed E-state index contributed by atoms with van der Waals surface area (Å²) < 4.78 is 40.3. The highest BCUT2D eigenvalue weighted by Crippen LogP contribution is 2.27. The maximum absolute atomic E-state index is 12.1. The molecule has 0 spiro atoms. The van der Waals surface area contributed by atoms with E-state index in [0.717, 1.165) is 0 Å². The first-order valence-corrected chi connectivity index (χ1v) is 5.41. The van der Waals surface area contributed by atoms with Crippen molar-refractivity contribution in [1.82, 2.24) is 4.98 Å². The lowest BCUT2D eigenvalue weighted by Crippen LogP contribution is -2.17. The molecule has 0 fully saturated rings. The van der Waals surface area contributed by atoms with Crippen molar-refractivity contribution in [3.63, 3.8) is 0 Å². The molecule has 0 amide bonds. The molecule has 19 heavy (non-hydrogen) atoms. The average Bonchev–Trinajstić information content (AvgIpc) is 2.26. The Morgan fingerprint density at radius 1 is 1.21 bits per heavy atom. The second-order valence-corrected chi connectivity index (χ2v) is 3.94. The summed E-state index contributed by atoms with van der Waals surface area (Å²) in [6.45, 7) is 1.71. The minimum Gasteiger partial charge on any atom is -0.406 e. The number of rotatable bonds is 2. The molecule has 0 aliphatic heterocycles. The van der Waals surface area contributed by atoms with E-state index in [1.807, 2.05) is 0 Å². The quantitative estimate of drug-likeness (QED) is 0.909. The first-order chi connectivity index (χ1) is 8.87. The average molecular weight is 269 g/mol. The molecule has 0 atom stereocenters. The van der Waals surface area contributed by atoms with Gasteiger partial charge in [-0.3, -0.25) is 4.79 Å². The number of ether oxygens (including phenoxy) is 1. The van der Waals surface area contributed by atoms with Crippen LogP contribution < -0.4 is 10.3 Å². The number of pyridine rings is 1. The van der Waals surface area contributed by atoms with Gasteiger partial charge in [0.25, 0.3) is 5.56 Å². The summed E-state index contributed by atoms with van der Waals surface area (Å²) in [6, 6.07) is 7.01. The Morgan fingerprint density at radius 2 is 1.95 bits per heavy atom. The molecular formula is C13H10F3NO2. The number of alkyl halides is 3. The molecule has 0 saturated carbocycles. The van der Waals surface area contributed by atoms with Crippen molar-refractivity contribution in [2.45, 2.75) is 13.3 Å². The Labute approximate surface area is 106 Å². The van der Waals surface area contributed by atoms with Gasteiger partial charge in [-0.25, -0.2) is 0 Å². The van der Waals surface area contributed by atoms with Gasteiger partial charge in [0.05, 0.1) is 0 Å². The van der Waals surface area contributed by atoms with E-state index in [4.69, 9.17) is 0 Å². The fraction of sp³-hybridized carbons (Fsp3) is 0.154. The van der Waals surface area contributed by atoms with Gasteiger partial charge in [0.15, 0.2) is 0 Å².